The Kier molecular flexibility index (Phi) is 10.0. The van der Waals surface area contributed by atoms with Gasteiger partial charge in [0.2, 0.25) is 0 Å². The van der Waals surface area contributed by atoms with Crippen LogP contribution in [0.5, 0.6) is 17.2 Å². The molecule has 2 heterocycles. The fourth-order valence-corrected chi connectivity index (χ4v) is 5.50. The predicted octanol–water partition coefficient (Wildman–Crippen LogP) is 4.55. The van der Waals surface area contributed by atoms with Gasteiger partial charge >= 0.3 is 11.9 Å². The SMILES string of the molecule is CCCCOc1ccc(/C=c2\sc3n(c2=O)C(c2ccc(OC(C)=O)c(OC)c2)C(C(=O)OCC(C)C)=C(C)N=3)cc1. The third kappa shape index (κ3) is 6.99. The van der Waals surface area contributed by atoms with Crippen LogP contribution in [0.15, 0.2) is 63.5 Å². The molecule has 0 radical (unpaired) electrons. The molecule has 0 aliphatic carbocycles. The molecule has 9 nitrogen and oxygen atoms in total. The molecule has 0 spiro atoms. The lowest BCUT2D eigenvalue weighted by Gasteiger charge is -2.25. The molecule has 0 bridgehead atoms. The molecule has 0 N–H and O–H groups in total. The summed E-state index contributed by atoms with van der Waals surface area (Å²) in [6, 6.07) is 11.7. The van der Waals surface area contributed by atoms with Crippen LogP contribution in [0.2, 0.25) is 0 Å². The number of nitrogens with zero attached hydrogens (tertiary/aromatic N) is 2. The lowest BCUT2D eigenvalue weighted by molar-refractivity contribution is -0.140. The van der Waals surface area contributed by atoms with Crippen molar-refractivity contribution in [1.29, 1.82) is 0 Å². The summed E-state index contributed by atoms with van der Waals surface area (Å²) in [5.41, 5.74) is 1.83. The average Bonchev–Trinajstić information content (AvgIpc) is 3.25. The molecular formula is C32H36N2O7S. The van der Waals surface area contributed by atoms with E-state index in [1.165, 1.54) is 29.9 Å². The second-order valence-corrected chi connectivity index (χ2v) is 11.4. The van der Waals surface area contributed by atoms with Gasteiger partial charge in [-0.2, -0.15) is 0 Å². The van der Waals surface area contributed by atoms with Gasteiger partial charge in [-0.15, -0.1) is 0 Å². The summed E-state index contributed by atoms with van der Waals surface area (Å²) in [4.78, 5) is 44.1. The maximum atomic E-state index is 13.9. The van der Waals surface area contributed by atoms with Crippen LogP contribution in [0.3, 0.4) is 0 Å². The largest absolute Gasteiger partial charge is 0.494 e. The van der Waals surface area contributed by atoms with E-state index in [4.69, 9.17) is 18.9 Å². The number of carbonyl (C=O) groups is 2. The van der Waals surface area contributed by atoms with E-state index in [0.29, 0.717) is 27.2 Å². The van der Waals surface area contributed by atoms with E-state index in [2.05, 4.69) is 11.9 Å². The third-order valence-corrected chi connectivity index (χ3v) is 7.47. The van der Waals surface area contributed by atoms with Crippen molar-refractivity contribution in [2.75, 3.05) is 20.3 Å². The minimum absolute atomic E-state index is 0.126. The van der Waals surface area contributed by atoms with Crippen LogP contribution >= 0.6 is 11.3 Å². The van der Waals surface area contributed by atoms with E-state index >= 15 is 0 Å². The van der Waals surface area contributed by atoms with Crippen molar-refractivity contribution in [3.05, 3.63) is 84.5 Å². The number of hydrogen-bond acceptors (Lipinski definition) is 9. The van der Waals surface area contributed by atoms with Crippen molar-refractivity contribution >= 4 is 29.4 Å². The maximum absolute atomic E-state index is 13.9. The summed E-state index contributed by atoms with van der Waals surface area (Å²) < 4.78 is 24.1. The van der Waals surface area contributed by atoms with Crippen molar-refractivity contribution < 1.29 is 28.5 Å². The molecule has 42 heavy (non-hydrogen) atoms. The zero-order valence-corrected chi connectivity index (χ0v) is 25.6. The van der Waals surface area contributed by atoms with Crippen LogP contribution in [-0.2, 0) is 14.3 Å². The molecule has 1 atom stereocenters. The number of aromatic nitrogens is 1. The highest BCUT2D eigenvalue weighted by Gasteiger charge is 2.34. The number of ether oxygens (including phenoxy) is 4. The minimum Gasteiger partial charge on any atom is -0.494 e. The van der Waals surface area contributed by atoms with Gasteiger partial charge in [-0.05, 0) is 60.7 Å². The molecule has 0 saturated heterocycles. The van der Waals surface area contributed by atoms with E-state index in [0.717, 1.165) is 24.2 Å². The van der Waals surface area contributed by atoms with Gasteiger partial charge in [-0.25, -0.2) is 9.79 Å². The Balaban J connectivity index is 1.82. The highest BCUT2D eigenvalue weighted by atomic mass is 32.1. The molecule has 1 aliphatic rings. The van der Waals surface area contributed by atoms with Crippen LogP contribution in [0.1, 0.15) is 64.6 Å². The molecule has 0 amide bonds. The number of fused-ring (bicyclic) bond motifs is 1. The zero-order valence-electron chi connectivity index (χ0n) is 24.8. The van der Waals surface area contributed by atoms with Crippen LogP contribution < -0.4 is 29.1 Å². The molecule has 2 aromatic carbocycles. The van der Waals surface area contributed by atoms with Gasteiger partial charge in [-0.3, -0.25) is 14.2 Å². The van der Waals surface area contributed by atoms with Crippen molar-refractivity contribution in [2.24, 2.45) is 10.9 Å². The summed E-state index contributed by atoms with van der Waals surface area (Å²) in [7, 11) is 1.45. The number of unbranched alkanes of at least 4 members (excludes halogenated alkanes) is 1. The average molecular weight is 593 g/mol. The first-order valence-corrected chi connectivity index (χ1v) is 14.7. The van der Waals surface area contributed by atoms with Gasteiger partial charge in [0.25, 0.3) is 5.56 Å². The van der Waals surface area contributed by atoms with Crippen molar-refractivity contribution in [1.82, 2.24) is 4.57 Å². The monoisotopic (exact) mass is 592 g/mol. The number of methoxy groups -OCH3 is 1. The maximum Gasteiger partial charge on any atom is 0.338 e. The van der Waals surface area contributed by atoms with Crippen LogP contribution in [0, 0.1) is 5.92 Å². The summed E-state index contributed by atoms with van der Waals surface area (Å²) >= 11 is 1.24. The molecule has 1 unspecified atom stereocenters. The van der Waals surface area contributed by atoms with Crippen molar-refractivity contribution in [3.63, 3.8) is 0 Å². The standard InChI is InChI=1S/C32H36N2O7S/c1-7-8-15-39-24-12-9-22(10-13-24)16-27-30(36)34-29(23-11-14-25(41-21(5)35)26(17-23)38-6)28(20(4)33-32(34)42-27)31(37)40-18-19(2)3/h9-14,16-17,19,29H,7-8,15,18H2,1-6H3/b27-16-. The molecular weight excluding hydrogens is 556 g/mol. The Hall–Kier alpha value is -4.18. The lowest BCUT2D eigenvalue weighted by Crippen LogP contribution is -2.40. The first-order valence-electron chi connectivity index (χ1n) is 13.9. The van der Waals surface area contributed by atoms with Gasteiger partial charge in [0, 0.05) is 6.92 Å². The highest BCUT2D eigenvalue weighted by molar-refractivity contribution is 7.07. The molecule has 0 saturated carbocycles. The summed E-state index contributed by atoms with van der Waals surface area (Å²) in [6.45, 7) is 9.92. The Bertz CT molecular complexity index is 1670. The fraction of sp³-hybridized carbons (Fsp3) is 0.375. The fourth-order valence-electron chi connectivity index (χ4n) is 4.46. The number of thiazole rings is 1. The number of benzene rings is 2. The van der Waals surface area contributed by atoms with Gasteiger partial charge in [-0.1, -0.05) is 56.7 Å². The molecule has 1 aromatic heterocycles. The quantitative estimate of drug-likeness (QED) is 0.183. The first kappa shape index (κ1) is 30.8. The Morgan fingerprint density at radius 1 is 1.12 bits per heavy atom. The topological polar surface area (TPSA) is 105 Å². The van der Waals surface area contributed by atoms with E-state index in [1.54, 1.807) is 31.2 Å². The predicted molar refractivity (Wildman–Crippen MR) is 161 cm³/mol. The molecule has 3 aromatic rings. The van der Waals surface area contributed by atoms with E-state index < -0.39 is 18.0 Å². The third-order valence-electron chi connectivity index (χ3n) is 6.49. The van der Waals surface area contributed by atoms with Crippen LogP contribution in [-0.4, -0.2) is 36.8 Å². The first-order chi connectivity index (χ1) is 20.1. The molecule has 0 fully saturated rings. The molecule has 1 aliphatic heterocycles. The van der Waals surface area contributed by atoms with E-state index in [-0.39, 0.29) is 35.2 Å². The summed E-state index contributed by atoms with van der Waals surface area (Å²) in [5.74, 6) is 0.368. The molecule has 4 rings (SSSR count). The molecule has 10 heteroatoms. The van der Waals surface area contributed by atoms with Gasteiger partial charge < -0.3 is 18.9 Å². The Labute approximate surface area is 248 Å². The Morgan fingerprint density at radius 3 is 2.50 bits per heavy atom. The summed E-state index contributed by atoms with van der Waals surface area (Å²) in [6.07, 6.45) is 3.84. The number of allylic oxidation sites excluding steroid dienone is 1. The van der Waals surface area contributed by atoms with Gasteiger partial charge in [0.1, 0.15) is 5.75 Å². The van der Waals surface area contributed by atoms with Gasteiger partial charge in [0.05, 0.1) is 42.2 Å². The number of carbonyl (C=O) groups excluding carboxylic acids is 2. The lowest BCUT2D eigenvalue weighted by atomic mass is 9.95. The normalized spacial score (nSPS) is 14.8. The Morgan fingerprint density at radius 2 is 1.86 bits per heavy atom. The van der Waals surface area contributed by atoms with Crippen LogP contribution in [0.25, 0.3) is 6.08 Å². The van der Waals surface area contributed by atoms with Gasteiger partial charge in [0.15, 0.2) is 16.3 Å². The zero-order chi connectivity index (χ0) is 30.4. The second-order valence-electron chi connectivity index (χ2n) is 10.3. The minimum atomic E-state index is -0.835. The molecule has 222 valence electrons. The number of rotatable bonds is 11. The van der Waals surface area contributed by atoms with Crippen molar-refractivity contribution in [2.45, 2.75) is 53.5 Å². The van der Waals surface area contributed by atoms with E-state index in [1.807, 2.05) is 38.1 Å². The second kappa shape index (κ2) is 13.7. The van der Waals surface area contributed by atoms with Crippen molar-refractivity contribution in [3.8, 4) is 17.2 Å². The highest BCUT2D eigenvalue weighted by Crippen LogP contribution is 2.36. The smallest absolute Gasteiger partial charge is 0.338 e. The van der Waals surface area contributed by atoms with Crippen LogP contribution in [0.4, 0.5) is 0 Å². The number of esters is 2. The summed E-state index contributed by atoms with van der Waals surface area (Å²) in [5, 5.41) is 0. The van der Waals surface area contributed by atoms with E-state index in [9.17, 15) is 14.4 Å². The number of hydrogen-bond donors (Lipinski definition) is 0.